The van der Waals surface area contributed by atoms with Crippen molar-refractivity contribution in [3.63, 3.8) is 0 Å². The lowest BCUT2D eigenvalue weighted by atomic mass is 9.77. The van der Waals surface area contributed by atoms with Crippen LogP contribution in [0.4, 0.5) is 16.3 Å². The third-order valence-electron chi connectivity index (χ3n) is 7.42. The fraction of sp³-hybridized carbons (Fsp3) is 0.462. The number of amides is 2. The minimum absolute atomic E-state index is 0.118. The van der Waals surface area contributed by atoms with Crippen molar-refractivity contribution in [2.75, 3.05) is 43.9 Å². The summed E-state index contributed by atoms with van der Waals surface area (Å²) in [6.45, 7) is 1.61. The molecule has 0 bridgehead atoms. The summed E-state index contributed by atoms with van der Waals surface area (Å²) in [5.41, 5.74) is 9.59. The zero-order valence-corrected chi connectivity index (χ0v) is 20.8. The fourth-order valence-electron chi connectivity index (χ4n) is 5.21. The van der Waals surface area contributed by atoms with Crippen molar-refractivity contribution in [3.05, 3.63) is 41.9 Å². The van der Waals surface area contributed by atoms with Crippen LogP contribution in [0.5, 0.6) is 5.75 Å². The Balaban J connectivity index is 1.30. The average molecular weight is 492 g/mol. The molecule has 1 aromatic carbocycles. The minimum atomic E-state index is -0.684. The molecule has 1 fully saturated rings. The van der Waals surface area contributed by atoms with Gasteiger partial charge in [0.1, 0.15) is 23.5 Å². The lowest BCUT2D eigenvalue weighted by molar-refractivity contribution is -0.126. The molecule has 1 saturated heterocycles. The molecule has 0 atom stereocenters. The van der Waals surface area contributed by atoms with Crippen LogP contribution >= 0.6 is 0 Å². The van der Waals surface area contributed by atoms with Crippen molar-refractivity contribution in [2.45, 2.75) is 38.5 Å². The third kappa shape index (κ3) is 4.48. The normalized spacial score (nSPS) is 16.9. The Kier molecular flexibility index (Phi) is 6.53. The molecular weight excluding hydrogens is 458 g/mol. The van der Waals surface area contributed by atoms with E-state index < -0.39 is 11.5 Å². The highest BCUT2D eigenvalue weighted by atomic mass is 16.6. The number of anilines is 2. The van der Waals surface area contributed by atoms with Gasteiger partial charge < -0.3 is 30.6 Å². The summed E-state index contributed by atoms with van der Waals surface area (Å²) in [6, 6.07) is 6.84. The Hall–Kier alpha value is -3.66. The molecule has 1 aliphatic carbocycles. The zero-order chi connectivity index (χ0) is 25.3. The van der Waals surface area contributed by atoms with Crippen LogP contribution in [-0.4, -0.2) is 65.6 Å². The second-order valence-electron chi connectivity index (χ2n) is 9.93. The zero-order valence-electron chi connectivity index (χ0n) is 20.8. The number of nitrogens with two attached hydrogens (primary N) is 1. The maximum absolute atomic E-state index is 13.4. The number of fused-ring (bicyclic) bond motifs is 3. The van der Waals surface area contributed by atoms with E-state index in [0.29, 0.717) is 37.4 Å². The van der Waals surface area contributed by atoms with Crippen molar-refractivity contribution in [1.82, 2.24) is 19.9 Å². The Bertz CT molecular complexity index is 1280. The van der Waals surface area contributed by atoms with Crippen LogP contribution in [0.3, 0.4) is 0 Å². The molecule has 10 nitrogen and oxygen atoms in total. The summed E-state index contributed by atoms with van der Waals surface area (Å²) >= 11 is 0. The maximum atomic E-state index is 13.4. The summed E-state index contributed by atoms with van der Waals surface area (Å²) in [7, 11) is 3.23. The molecule has 10 heteroatoms. The Labute approximate surface area is 210 Å². The molecule has 3 heterocycles. The monoisotopic (exact) mass is 491 g/mol. The van der Waals surface area contributed by atoms with E-state index in [9.17, 15) is 9.59 Å². The average Bonchev–Trinajstić information content (AvgIpc) is 3.28. The number of hydrogen-bond donors (Lipinski definition) is 3. The van der Waals surface area contributed by atoms with Gasteiger partial charge in [-0.05, 0) is 56.2 Å². The van der Waals surface area contributed by atoms with Gasteiger partial charge in [0.05, 0.1) is 10.8 Å². The number of aromatic amines is 1. The first-order chi connectivity index (χ1) is 17.4. The summed E-state index contributed by atoms with van der Waals surface area (Å²) < 4.78 is 5.32. The SMILES string of the molecule is CN(C)C(=O)Oc1cccc(NC(=O)C2(CN)CCN(c3ncnc4[nH]c5c(c34)CCCC5)CC2)c1. The molecule has 36 heavy (non-hydrogen) atoms. The number of carbonyl (C=O) groups is 2. The van der Waals surface area contributed by atoms with Crippen molar-refractivity contribution < 1.29 is 14.3 Å². The smallest absolute Gasteiger partial charge is 0.410 e. The second kappa shape index (κ2) is 9.77. The molecule has 190 valence electrons. The molecule has 1 aliphatic heterocycles. The number of carbonyl (C=O) groups excluding carboxylic acids is 2. The topological polar surface area (TPSA) is 129 Å². The first-order valence-electron chi connectivity index (χ1n) is 12.5. The molecule has 2 aliphatic rings. The highest BCUT2D eigenvalue weighted by molar-refractivity contribution is 5.96. The van der Waals surface area contributed by atoms with Gasteiger partial charge in [-0.1, -0.05) is 6.07 Å². The predicted octanol–water partition coefficient (Wildman–Crippen LogP) is 3.08. The molecule has 0 saturated carbocycles. The molecule has 0 spiro atoms. The first-order valence-corrected chi connectivity index (χ1v) is 12.5. The van der Waals surface area contributed by atoms with Crippen molar-refractivity contribution in [1.29, 1.82) is 0 Å². The molecule has 3 aromatic rings. The van der Waals surface area contributed by atoms with Gasteiger partial charge in [0.2, 0.25) is 5.91 Å². The van der Waals surface area contributed by atoms with Gasteiger partial charge in [0.15, 0.2) is 0 Å². The van der Waals surface area contributed by atoms with Crippen molar-refractivity contribution >= 4 is 34.5 Å². The van der Waals surface area contributed by atoms with E-state index in [-0.39, 0.29) is 12.5 Å². The van der Waals surface area contributed by atoms with Crippen molar-refractivity contribution in [2.24, 2.45) is 11.1 Å². The predicted molar refractivity (Wildman–Crippen MR) is 138 cm³/mol. The summed E-state index contributed by atoms with van der Waals surface area (Å²) in [5.74, 6) is 1.19. The van der Waals surface area contributed by atoms with E-state index in [1.165, 1.54) is 29.0 Å². The van der Waals surface area contributed by atoms with E-state index >= 15 is 0 Å². The van der Waals surface area contributed by atoms with Crippen LogP contribution in [0.25, 0.3) is 11.0 Å². The van der Waals surface area contributed by atoms with Crippen LogP contribution in [0.15, 0.2) is 30.6 Å². The first kappa shape index (κ1) is 24.1. The number of rotatable bonds is 5. The van der Waals surface area contributed by atoms with Crippen LogP contribution in [0.2, 0.25) is 0 Å². The van der Waals surface area contributed by atoms with Crippen LogP contribution in [0, 0.1) is 5.41 Å². The van der Waals surface area contributed by atoms with E-state index in [4.69, 9.17) is 10.5 Å². The molecule has 0 radical (unpaired) electrons. The van der Waals surface area contributed by atoms with E-state index in [0.717, 1.165) is 29.7 Å². The number of H-pyrrole nitrogens is 1. The van der Waals surface area contributed by atoms with E-state index in [1.54, 1.807) is 44.7 Å². The highest BCUT2D eigenvalue weighted by Crippen LogP contribution is 2.38. The number of nitrogens with one attached hydrogen (secondary N) is 2. The van der Waals surface area contributed by atoms with E-state index in [2.05, 4.69) is 25.2 Å². The van der Waals surface area contributed by atoms with Gasteiger partial charge in [-0.2, -0.15) is 0 Å². The number of nitrogens with zero attached hydrogens (tertiary/aromatic N) is 4. The Morgan fingerprint density at radius 1 is 1.19 bits per heavy atom. The van der Waals surface area contributed by atoms with Gasteiger partial charge in [-0.3, -0.25) is 4.79 Å². The van der Waals surface area contributed by atoms with Crippen LogP contribution < -0.4 is 20.7 Å². The standard InChI is InChI=1S/C26H33N7O3/c1-32(2)25(35)36-18-7-5-6-17(14-18)30-24(34)26(15-27)10-12-33(13-11-26)23-21-19-8-3-4-9-20(19)31-22(21)28-16-29-23/h5-7,14,16H,3-4,8-13,15,27H2,1-2H3,(H,30,34)(H,28,29,31). The maximum Gasteiger partial charge on any atom is 0.414 e. The summed E-state index contributed by atoms with van der Waals surface area (Å²) in [5, 5.41) is 4.12. The van der Waals surface area contributed by atoms with Gasteiger partial charge in [0.25, 0.3) is 0 Å². The van der Waals surface area contributed by atoms with Gasteiger partial charge >= 0.3 is 6.09 Å². The molecular formula is C26H33N7O3. The molecule has 2 aromatic heterocycles. The van der Waals surface area contributed by atoms with Gasteiger partial charge in [-0.15, -0.1) is 0 Å². The van der Waals surface area contributed by atoms with Gasteiger partial charge in [0, 0.05) is 51.2 Å². The minimum Gasteiger partial charge on any atom is -0.410 e. The molecule has 4 N–H and O–H groups in total. The Morgan fingerprint density at radius 2 is 1.97 bits per heavy atom. The summed E-state index contributed by atoms with van der Waals surface area (Å²) in [6.07, 6.45) is 6.84. The second-order valence-corrected chi connectivity index (χ2v) is 9.93. The molecule has 2 amide bonds. The lowest BCUT2D eigenvalue weighted by Crippen LogP contribution is -2.50. The number of aryl methyl sites for hydroxylation is 2. The summed E-state index contributed by atoms with van der Waals surface area (Å²) in [4.78, 5) is 41.5. The molecule has 0 unspecified atom stereocenters. The van der Waals surface area contributed by atoms with Gasteiger partial charge in [-0.25, -0.2) is 14.8 Å². The fourth-order valence-corrected chi connectivity index (χ4v) is 5.21. The van der Waals surface area contributed by atoms with Crippen molar-refractivity contribution in [3.8, 4) is 5.75 Å². The van der Waals surface area contributed by atoms with Crippen LogP contribution in [0.1, 0.15) is 36.9 Å². The van der Waals surface area contributed by atoms with Crippen LogP contribution in [-0.2, 0) is 17.6 Å². The number of aromatic nitrogens is 3. The third-order valence-corrected chi connectivity index (χ3v) is 7.42. The van der Waals surface area contributed by atoms with E-state index in [1.807, 2.05) is 0 Å². The highest BCUT2D eigenvalue weighted by Gasteiger charge is 2.41. The number of hydrogen-bond acceptors (Lipinski definition) is 7. The Morgan fingerprint density at radius 3 is 2.72 bits per heavy atom. The quantitative estimate of drug-likeness (QED) is 0.500. The number of piperidine rings is 1. The largest absolute Gasteiger partial charge is 0.414 e. The lowest BCUT2D eigenvalue weighted by Gasteiger charge is -2.40. The number of ether oxygens (including phenoxy) is 1. The number of benzene rings is 1. The molecule has 5 rings (SSSR count).